The van der Waals surface area contributed by atoms with E-state index < -0.39 is 17.9 Å². The maximum Gasteiger partial charge on any atom is 0.270 e. The largest absolute Gasteiger partial charge is 0.395 e. The number of nitrogens with zero attached hydrogens (tertiary/aromatic N) is 2. The van der Waals surface area contributed by atoms with Crippen molar-refractivity contribution in [2.24, 2.45) is 5.73 Å². The van der Waals surface area contributed by atoms with E-state index in [0.29, 0.717) is 6.42 Å². The zero-order valence-corrected chi connectivity index (χ0v) is 18.8. The fraction of sp³-hybridized carbons (Fsp3) is 0.238. The number of carbonyl (C=O) groups excluding carboxylic acids is 3. The molecule has 11 heteroatoms. The first-order valence-electron chi connectivity index (χ1n) is 9.72. The summed E-state index contributed by atoms with van der Waals surface area (Å²) in [5, 5.41) is 4.68. The summed E-state index contributed by atoms with van der Waals surface area (Å²) in [4.78, 5) is 40.3. The van der Waals surface area contributed by atoms with Gasteiger partial charge in [0, 0.05) is 11.4 Å². The molecule has 0 radical (unpaired) electrons. The molecular weight excluding hydrogens is 453 g/mol. The number of thiophene rings is 1. The van der Waals surface area contributed by atoms with Gasteiger partial charge in [0.15, 0.2) is 5.69 Å². The standard InChI is InChI=1S/C21H22FN5O3S2/c1-2-15(20(29)25-10-12-5-7-13(22)8-6-12)27(11-14-4-3-9-31-14)21(30)18-16(23)17(19(24)28)26-32-18/h3-9,15H,2,10-11,23H2,1H3,(H2,24,28)(H,25,29)/t15-/m1/s1. The van der Waals surface area contributed by atoms with E-state index in [4.69, 9.17) is 11.5 Å². The van der Waals surface area contributed by atoms with Crippen molar-refractivity contribution in [2.45, 2.75) is 32.5 Å². The molecule has 0 bridgehead atoms. The Kier molecular flexibility index (Phi) is 7.54. The van der Waals surface area contributed by atoms with Crippen molar-refractivity contribution in [1.82, 2.24) is 14.6 Å². The number of amides is 3. The zero-order valence-electron chi connectivity index (χ0n) is 17.2. The van der Waals surface area contributed by atoms with Gasteiger partial charge in [-0.05, 0) is 47.1 Å². The van der Waals surface area contributed by atoms with Crippen LogP contribution in [-0.4, -0.2) is 33.0 Å². The van der Waals surface area contributed by atoms with E-state index in [2.05, 4.69) is 9.69 Å². The van der Waals surface area contributed by atoms with Crippen LogP contribution in [-0.2, 0) is 17.9 Å². The van der Waals surface area contributed by atoms with Crippen LogP contribution in [0.1, 0.15) is 43.9 Å². The maximum absolute atomic E-state index is 13.4. The number of carbonyl (C=O) groups is 3. The van der Waals surface area contributed by atoms with E-state index >= 15 is 0 Å². The molecule has 8 nitrogen and oxygen atoms in total. The van der Waals surface area contributed by atoms with Gasteiger partial charge < -0.3 is 21.7 Å². The van der Waals surface area contributed by atoms with Gasteiger partial charge in [-0.2, -0.15) is 4.37 Å². The van der Waals surface area contributed by atoms with Crippen LogP contribution < -0.4 is 16.8 Å². The van der Waals surface area contributed by atoms with Gasteiger partial charge in [-0.15, -0.1) is 11.3 Å². The Morgan fingerprint density at radius 2 is 1.94 bits per heavy atom. The molecule has 5 N–H and O–H groups in total. The molecule has 2 aromatic heterocycles. The van der Waals surface area contributed by atoms with Crippen molar-refractivity contribution in [1.29, 1.82) is 0 Å². The minimum absolute atomic E-state index is 0.0557. The van der Waals surface area contributed by atoms with Crippen molar-refractivity contribution in [3.05, 3.63) is 68.6 Å². The minimum Gasteiger partial charge on any atom is -0.395 e. The number of nitrogens with two attached hydrogens (primary N) is 2. The van der Waals surface area contributed by atoms with Crippen LogP contribution in [0.2, 0.25) is 0 Å². The van der Waals surface area contributed by atoms with Gasteiger partial charge in [0.05, 0.1) is 12.2 Å². The predicted molar refractivity (Wildman–Crippen MR) is 122 cm³/mol. The van der Waals surface area contributed by atoms with E-state index in [1.165, 1.54) is 28.4 Å². The number of rotatable bonds is 9. The van der Waals surface area contributed by atoms with Gasteiger partial charge in [-0.3, -0.25) is 14.4 Å². The Bertz CT molecular complexity index is 1100. The molecule has 0 fully saturated rings. The lowest BCUT2D eigenvalue weighted by Gasteiger charge is -2.29. The van der Waals surface area contributed by atoms with Crippen molar-refractivity contribution < 1.29 is 18.8 Å². The molecule has 32 heavy (non-hydrogen) atoms. The van der Waals surface area contributed by atoms with Gasteiger partial charge in [-0.1, -0.05) is 25.1 Å². The number of aromatic nitrogens is 1. The van der Waals surface area contributed by atoms with Gasteiger partial charge in [-0.25, -0.2) is 4.39 Å². The van der Waals surface area contributed by atoms with Crippen LogP contribution in [0.3, 0.4) is 0 Å². The molecule has 0 aliphatic heterocycles. The molecular formula is C21H22FN5O3S2. The Balaban J connectivity index is 1.85. The number of halogens is 1. The predicted octanol–water partition coefficient (Wildman–Crippen LogP) is 2.76. The first-order valence-corrected chi connectivity index (χ1v) is 11.4. The summed E-state index contributed by atoms with van der Waals surface area (Å²) < 4.78 is 17.0. The molecule has 0 spiro atoms. The second-order valence-electron chi connectivity index (χ2n) is 6.92. The summed E-state index contributed by atoms with van der Waals surface area (Å²) >= 11 is 2.22. The molecule has 1 atom stereocenters. The van der Waals surface area contributed by atoms with Gasteiger partial charge in [0.1, 0.15) is 16.7 Å². The van der Waals surface area contributed by atoms with E-state index in [9.17, 15) is 18.8 Å². The molecule has 0 saturated carbocycles. The van der Waals surface area contributed by atoms with Crippen molar-refractivity contribution >= 4 is 46.3 Å². The second-order valence-corrected chi connectivity index (χ2v) is 8.72. The Morgan fingerprint density at radius 3 is 2.50 bits per heavy atom. The highest BCUT2D eigenvalue weighted by Gasteiger charge is 2.32. The highest BCUT2D eigenvalue weighted by molar-refractivity contribution is 7.10. The molecule has 3 aromatic rings. The van der Waals surface area contributed by atoms with Gasteiger partial charge in [0.25, 0.3) is 11.8 Å². The summed E-state index contributed by atoms with van der Waals surface area (Å²) in [5.41, 5.74) is 11.7. The van der Waals surface area contributed by atoms with Gasteiger partial charge >= 0.3 is 0 Å². The van der Waals surface area contributed by atoms with Crippen molar-refractivity contribution in [2.75, 3.05) is 5.73 Å². The SMILES string of the molecule is CC[C@H](C(=O)NCc1ccc(F)cc1)N(Cc1cccs1)C(=O)c1snc(C(N)=O)c1N. The van der Waals surface area contributed by atoms with Crippen LogP contribution in [0.25, 0.3) is 0 Å². The van der Waals surface area contributed by atoms with Crippen LogP contribution in [0, 0.1) is 5.82 Å². The fourth-order valence-electron chi connectivity index (χ4n) is 3.11. The number of benzene rings is 1. The third-order valence-electron chi connectivity index (χ3n) is 4.77. The van der Waals surface area contributed by atoms with Crippen LogP contribution in [0.4, 0.5) is 10.1 Å². The number of primary amides is 1. The third-order valence-corrected chi connectivity index (χ3v) is 6.48. The highest BCUT2D eigenvalue weighted by Crippen LogP contribution is 2.26. The Hall–Kier alpha value is -3.31. The van der Waals surface area contributed by atoms with E-state index in [-0.39, 0.29) is 41.1 Å². The number of anilines is 1. The number of hydrogen-bond acceptors (Lipinski definition) is 7. The molecule has 3 amide bonds. The number of nitrogens with one attached hydrogen (secondary N) is 1. The van der Waals surface area contributed by atoms with Crippen LogP contribution >= 0.6 is 22.9 Å². The van der Waals surface area contributed by atoms with Crippen LogP contribution in [0.15, 0.2) is 41.8 Å². The summed E-state index contributed by atoms with van der Waals surface area (Å²) in [5.74, 6) is -2.06. The fourth-order valence-corrected chi connectivity index (χ4v) is 4.57. The molecule has 168 valence electrons. The van der Waals surface area contributed by atoms with Crippen molar-refractivity contribution in [3.8, 4) is 0 Å². The molecule has 0 aliphatic carbocycles. The molecule has 0 saturated heterocycles. The van der Waals surface area contributed by atoms with Gasteiger partial charge in [0.2, 0.25) is 5.91 Å². The maximum atomic E-state index is 13.4. The monoisotopic (exact) mass is 475 g/mol. The highest BCUT2D eigenvalue weighted by atomic mass is 32.1. The Labute approximate surface area is 192 Å². The average molecular weight is 476 g/mol. The average Bonchev–Trinajstić information content (AvgIpc) is 3.42. The second kappa shape index (κ2) is 10.3. The summed E-state index contributed by atoms with van der Waals surface area (Å²) in [7, 11) is 0. The van der Waals surface area contributed by atoms with E-state index in [1.807, 2.05) is 17.5 Å². The topological polar surface area (TPSA) is 131 Å². The lowest BCUT2D eigenvalue weighted by molar-refractivity contribution is -0.126. The molecule has 1 aromatic carbocycles. The summed E-state index contributed by atoms with van der Waals surface area (Å²) in [6, 6.07) is 8.69. The quantitative estimate of drug-likeness (QED) is 0.438. The first-order chi connectivity index (χ1) is 15.3. The summed E-state index contributed by atoms with van der Waals surface area (Å²) in [6.45, 7) is 2.16. The molecule has 0 unspecified atom stereocenters. The number of nitrogen functional groups attached to an aromatic ring is 1. The molecule has 0 aliphatic rings. The lowest BCUT2D eigenvalue weighted by atomic mass is 10.1. The Morgan fingerprint density at radius 1 is 1.22 bits per heavy atom. The van der Waals surface area contributed by atoms with Crippen LogP contribution in [0.5, 0.6) is 0 Å². The smallest absolute Gasteiger partial charge is 0.270 e. The first kappa shape index (κ1) is 23.4. The van der Waals surface area contributed by atoms with E-state index in [0.717, 1.165) is 22.0 Å². The third kappa shape index (κ3) is 5.29. The molecule has 2 heterocycles. The normalized spacial score (nSPS) is 11.7. The number of hydrogen-bond donors (Lipinski definition) is 3. The summed E-state index contributed by atoms with van der Waals surface area (Å²) in [6.07, 6.45) is 0.341. The van der Waals surface area contributed by atoms with E-state index in [1.54, 1.807) is 19.1 Å². The van der Waals surface area contributed by atoms with Crippen molar-refractivity contribution in [3.63, 3.8) is 0 Å². The molecule has 3 rings (SSSR count). The zero-order chi connectivity index (χ0) is 23.3. The lowest BCUT2D eigenvalue weighted by Crippen LogP contribution is -2.48. The minimum atomic E-state index is -0.827.